The number of fused-ring (bicyclic) bond motifs is 1. The van der Waals surface area contributed by atoms with Gasteiger partial charge in [-0.1, -0.05) is 26.7 Å². The summed E-state index contributed by atoms with van der Waals surface area (Å²) in [6.07, 6.45) is 4.31. The number of ether oxygens (including phenoxy) is 1. The van der Waals surface area contributed by atoms with Crippen LogP contribution in [0.1, 0.15) is 45.1 Å². The number of halogens is 2. The molecule has 1 heterocycles. The normalized spacial score (nSPS) is 16.3. The molecule has 1 aliphatic heterocycles. The van der Waals surface area contributed by atoms with Crippen molar-refractivity contribution < 1.29 is 13.5 Å². The van der Waals surface area contributed by atoms with E-state index in [2.05, 4.69) is 23.9 Å². The zero-order valence-electron chi connectivity index (χ0n) is 11.5. The van der Waals surface area contributed by atoms with Gasteiger partial charge < -0.3 is 10.1 Å². The molecule has 0 radical (unpaired) electrons. The summed E-state index contributed by atoms with van der Waals surface area (Å²) in [7, 11) is 0. The van der Waals surface area contributed by atoms with Crippen LogP contribution in [-0.2, 0) is 5.41 Å². The van der Waals surface area contributed by atoms with Crippen molar-refractivity contribution in [3.8, 4) is 5.75 Å². The Balaban J connectivity index is 2.34. The first-order valence-electron chi connectivity index (χ1n) is 6.94. The lowest BCUT2D eigenvalue weighted by Gasteiger charge is -2.29. The molecule has 0 spiro atoms. The second-order valence-corrected chi connectivity index (χ2v) is 5.22. The van der Waals surface area contributed by atoms with Crippen LogP contribution >= 0.6 is 0 Å². The molecule has 4 heteroatoms. The summed E-state index contributed by atoms with van der Waals surface area (Å²) in [6, 6.07) is 5.24. The van der Waals surface area contributed by atoms with E-state index >= 15 is 0 Å². The van der Waals surface area contributed by atoms with Gasteiger partial charge in [0.1, 0.15) is 5.75 Å². The van der Waals surface area contributed by atoms with Gasteiger partial charge in [-0.2, -0.15) is 8.78 Å². The number of benzene rings is 1. The Bertz CT molecular complexity index is 423. The summed E-state index contributed by atoms with van der Waals surface area (Å²) >= 11 is 0. The molecule has 1 aromatic carbocycles. The summed E-state index contributed by atoms with van der Waals surface area (Å²) in [6.45, 7) is 2.45. The summed E-state index contributed by atoms with van der Waals surface area (Å²) < 4.78 is 29.2. The van der Waals surface area contributed by atoms with Gasteiger partial charge in [-0.05, 0) is 36.6 Å². The predicted molar refractivity (Wildman–Crippen MR) is 73.1 cm³/mol. The van der Waals surface area contributed by atoms with Crippen molar-refractivity contribution in [2.45, 2.75) is 51.6 Å². The van der Waals surface area contributed by atoms with Crippen molar-refractivity contribution in [3.05, 3.63) is 23.8 Å². The van der Waals surface area contributed by atoms with E-state index in [9.17, 15) is 8.78 Å². The lowest BCUT2D eigenvalue weighted by molar-refractivity contribution is -0.0499. The number of hydrogen-bond acceptors (Lipinski definition) is 2. The molecule has 0 saturated carbocycles. The average molecular weight is 269 g/mol. The van der Waals surface area contributed by atoms with Gasteiger partial charge in [0, 0.05) is 17.6 Å². The van der Waals surface area contributed by atoms with Crippen LogP contribution in [0.3, 0.4) is 0 Å². The Morgan fingerprint density at radius 1 is 1.26 bits per heavy atom. The molecule has 0 aromatic heterocycles. The molecule has 0 aliphatic carbocycles. The highest BCUT2D eigenvalue weighted by Crippen LogP contribution is 2.44. The molecule has 0 fully saturated rings. The molecule has 0 saturated heterocycles. The highest BCUT2D eigenvalue weighted by atomic mass is 19.3. The number of anilines is 1. The molecule has 0 atom stereocenters. The van der Waals surface area contributed by atoms with E-state index in [1.807, 2.05) is 6.07 Å². The Morgan fingerprint density at radius 3 is 2.53 bits per heavy atom. The van der Waals surface area contributed by atoms with Crippen molar-refractivity contribution in [1.29, 1.82) is 0 Å². The van der Waals surface area contributed by atoms with Crippen LogP contribution in [0, 0.1) is 0 Å². The molecule has 0 amide bonds. The van der Waals surface area contributed by atoms with Gasteiger partial charge in [0.05, 0.1) is 0 Å². The fraction of sp³-hybridized carbons (Fsp3) is 0.600. The maximum atomic E-state index is 12.3. The van der Waals surface area contributed by atoms with E-state index < -0.39 is 6.61 Å². The molecular weight excluding hydrogens is 248 g/mol. The van der Waals surface area contributed by atoms with Crippen LogP contribution in [0.15, 0.2) is 18.2 Å². The summed E-state index contributed by atoms with van der Waals surface area (Å²) in [5.74, 6) is 0.258. The summed E-state index contributed by atoms with van der Waals surface area (Å²) in [5.41, 5.74) is 2.26. The molecule has 19 heavy (non-hydrogen) atoms. The van der Waals surface area contributed by atoms with Gasteiger partial charge in [-0.3, -0.25) is 0 Å². The average Bonchev–Trinajstić information content (AvgIpc) is 2.69. The summed E-state index contributed by atoms with van der Waals surface area (Å²) in [4.78, 5) is 0. The van der Waals surface area contributed by atoms with Gasteiger partial charge >= 0.3 is 6.61 Å². The largest absolute Gasteiger partial charge is 0.435 e. The Labute approximate surface area is 113 Å². The topological polar surface area (TPSA) is 21.3 Å². The molecule has 2 rings (SSSR count). The second kappa shape index (κ2) is 5.76. The van der Waals surface area contributed by atoms with Crippen LogP contribution < -0.4 is 10.1 Å². The first-order chi connectivity index (χ1) is 9.11. The second-order valence-electron chi connectivity index (χ2n) is 5.22. The van der Waals surface area contributed by atoms with E-state index in [1.165, 1.54) is 0 Å². The maximum Gasteiger partial charge on any atom is 0.387 e. The van der Waals surface area contributed by atoms with Crippen molar-refractivity contribution in [1.82, 2.24) is 0 Å². The first kappa shape index (κ1) is 14.1. The maximum absolute atomic E-state index is 12.3. The lowest BCUT2D eigenvalue weighted by atomic mass is 9.75. The molecule has 1 aliphatic rings. The van der Waals surface area contributed by atoms with Crippen molar-refractivity contribution in [2.75, 3.05) is 11.9 Å². The zero-order chi connectivity index (χ0) is 13.9. The Morgan fingerprint density at radius 2 is 1.95 bits per heavy atom. The van der Waals surface area contributed by atoms with Crippen LogP contribution in [0.4, 0.5) is 14.5 Å². The highest BCUT2D eigenvalue weighted by molar-refractivity contribution is 5.62. The fourth-order valence-electron chi connectivity index (χ4n) is 3.18. The van der Waals surface area contributed by atoms with Gasteiger partial charge in [0.15, 0.2) is 0 Å². The third-order valence-electron chi connectivity index (χ3n) is 3.86. The van der Waals surface area contributed by atoms with Gasteiger partial charge in [-0.25, -0.2) is 0 Å². The van der Waals surface area contributed by atoms with Crippen LogP contribution in [0.25, 0.3) is 0 Å². The van der Waals surface area contributed by atoms with Crippen molar-refractivity contribution in [3.63, 3.8) is 0 Å². The number of alkyl halides is 2. The van der Waals surface area contributed by atoms with Crippen LogP contribution in [0.5, 0.6) is 5.75 Å². The molecule has 1 N–H and O–H groups in total. The SMILES string of the molecule is CCCC1(CCC)CNc2ccc(OC(F)F)cc21. The molecular formula is C15H21F2NO. The zero-order valence-corrected chi connectivity index (χ0v) is 11.5. The predicted octanol–water partition coefficient (Wildman–Crippen LogP) is 4.55. The Hall–Kier alpha value is -1.32. The molecule has 106 valence electrons. The summed E-state index contributed by atoms with van der Waals surface area (Å²) in [5, 5.41) is 3.40. The van der Waals surface area contributed by atoms with Gasteiger partial charge in [-0.15, -0.1) is 0 Å². The van der Waals surface area contributed by atoms with Gasteiger partial charge in [0.25, 0.3) is 0 Å². The molecule has 2 nitrogen and oxygen atoms in total. The third-order valence-corrected chi connectivity index (χ3v) is 3.86. The lowest BCUT2D eigenvalue weighted by Crippen LogP contribution is -2.28. The number of hydrogen-bond donors (Lipinski definition) is 1. The highest BCUT2D eigenvalue weighted by Gasteiger charge is 2.37. The minimum atomic E-state index is -2.76. The standard InChI is InChI=1S/C15H21F2NO/c1-3-7-15(8-4-2)10-18-13-6-5-11(9-12(13)15)19-14(16)17/h5-6,9,14,18H,3-4,7-8,10H2,1-2H3. The first-order valence-corrected chi connectivity index (χ1v) is 6.94. The quantitative estimate of drug-likeness (QED) is 0.818. The smallest absolute Gasteiger partial charge is 0.387 e. The van der Waals surface area contributed by atoms with Crippen molar-refractivity contribution in [2.24, 2.45) is 0 Å². The molecule has 0 bridgehead atoms. The fourth-order valence-corrected chi connectivity index (χ4v) is 3.18. The van der Waals surface area contributed by atoms with E-state index in [4.69, 9.17) is 0 Å². The monoisotopic (exact) mass is 269 g/mol. The minimum Gasteiger partial charge on any atom is -0.435 e. The van der Waals surface area contributed by atoms with Crippen LogP contribution in [0.2, 0.25) is 0 Å². The number of nitrogens with one attached hydrogen (secondary N) is 1. The number of rotatable bonds is 6. The minimum absolute atomic E-state index is 0.0698. The van der Waals surface area contributed by atoms with Crippen LogP contribution in [-0.4, -0.2) is 13.2 Å². The third kappa shape index (κ3) is 2.82. The van der Waals surface area contributed by atoms with E-state index in [1.54, 1.807) is 12.1 Å². The van der Waals surface area contributed by atoms with E-state index in [0.29, 0.717) is 0 Å². The molecule has 1 aromatic rings. The van der Waals surface area contributed by atoms with E-state index in [0.717, 1.165) is 43.5 Å². The van der Waals surface area contributed by atoms with E-state index in [-0.39, 0.29) is 11.2 Å². The molecule has 0 unspecified atom stereocenters. The van der Waals surface area contributed by atoms with Gasteiger partial charge in [0.2, 0.25) is 0 Å². The van der Waals surface area contributed by atoms with Crippen molar-refractivity contribution >= 4 is 5.69 Å². The Kier molecular flexibility index (Phi) is 4.27.